The predicted octanol–water partition coefficient (Wildman–Crippen LogP) is 2.37. The molecule has 0 spiro atoms. The molecule has 20 heavy (non-hydrogen) atoms. The monoisotopic (exact) mass is 299 g/mol. The molecule has 0 heterocycles. The van der Waals surface area contributed by atoms with Gasteiger partial charge in [-0.2, -0.15) is 0 Å². The number of aliphatic hydroxyl groups excluding tert-OH is 1. The lowest BCUT2D eigenvalue weighted by atomic mass is 10.2. The summed E-state index contributed by atoms with van der Waals surface area (Å²) < 4.78 is 11.0. The Hall–Kier alpha value is -0.810. The van der Waals surface area contributed by atoms with Crippen molar-refractivity contribution in [1.29, 1.82) is 0 Å². The highest BCUT2D eigenvalue weighted by atomic mass is 35.5. The highest BCUT2D eigenvalue weighted by molar-refractivity contribution is 6.30. The number of aliphatic hydroxyl groups is 1. The van der Waals surface area contributed by atoms with Crippen LogP contribution in [0.3, 0.4) is 0 Å². The van der Waals surface area contributed by atoms with E-state index in [1.165, 1.54) is 0 Å². The van der Waals surface area contributed by atoms with Crippen LogP contribution in [0.5, 0.6) is 5.75 Å². The van der Waals surface area contributed by atoms with E-state index in [4.69, 9.17) is 21.1 Å². The first-order valence-corrected chi connectivity index (χ1v) is 7.41. The van der Waals surface area contributed by atoms with Crippen molar-refractivity contribution in [3.63, 3.8) is 0 Å². The van der Waals surface area contributed by atoms with E-state index >= 15 is 0 Å². The van der Waals surface area contributed by atoms with Gasteiger partial charge in [0.05, 0.1) is 12.7 Å². The van der Waals surface area contributed by atoms with Gasteiger partial charge in [-0.25, -0.2) is 0 Å². The van der Waals surface area contributed by atoms with E-state index in [9.17, 15) is 5.11 Å². The van der Waals surface area contributed by atoms with Crippen LogP contribution in [0.1, 0.15) is 24.8 Å². The van der Waals surface area contributed by atoms with Crippen LogP contribution in [-0.4, -0.2) is 37.6 Å². The molecule has 4 nitrogen and oxygen atoms in total. The summed E-state index contributed by atoms with van der Waals surface area (Å²) in [7, 11) is 1.68. The van der Waals surface area contributed by atoms with E-state index in [1.807, 2.05) is 18.2 Å². The Labute approximate surface area is 125 Å². The highest BCUT2D eigenvalue weighted by Crippen LogP contribution is 2.28. The maximum absolute atomic E-state index is 9.86. The number of benzene rings is 1. The number of nitrogens with one attached hydrogen (secondary N) is 1. The lowest BCUT2D eigenvalue weighted by molar-refractivity contribution is 0.0597. The SMILES string of the molecule is COCCNCc1cc(Cl)ccc1OC1CCCC1O. The molecule has 5 heteroatoms. The third-order valence-electron chi connectivity index (χ3n) is 3.52. The van der Waals surface area contributed by atoms with Crippen molar-refractivity contribution < 1.29 is 14.6 Å². The van der Waals surface area contributed by atoms with Gasteiger partial charge in [0.25, 0.3) is 0 Å². The van der Waals surface area contributed by atoms with Crippen molar-refractivity contribution in [3.8, 4) is 5.75 Å². The second-order valence-corrected chi connectivity index (χ2v) is 5.51. The van der Waals surface area contributed by atoms with Crippen LogP contribution in [0.25, 0.3) is 0 Å². The fourth-order valence-corrected chi connectivity index (χ4v) is 2.60. The molecule has 0 saturated heterocycles. The van der Waals surface area contributed by atoms with Crippen LogP contribution in [0, 0.1) is 0 Å². The fraction of sp³-hybridized carbons (Fsp3) is 0.600. The molecule has 2 unspecified atom stereocenters. The number of methoxy groups -OCH3 is 1. The molecule has 1 fully saturated rings. The Bertz CT molecular complexity index is 428. The Morgan fingerprint density at radius 2 is 2.25 bits per heavy atom. The molecule has 2 N–H and O–H groups in total. The number of hydrogen-bond acceptors (Lipinski definition) is 4. The van der Waals surface area contributed by atoms with E-state index in [1.54, 1.807) is 7.11 Å². The first-order chi connectivity index (χ1) is 9.70. The van der Waals surface area contributed by atoms with Gasteiger partial charge in [0.15, 0.2) is 0 Å². The summed E-state index contributed by atoms with van der Waals surface area (Å²) in [6, 6.07) is 5.59. The lowest BCUT2D eigenvalue weighted by Crippen LogP contribution is -2.26. The molecule has 0 radical (unpaired) electrons. The van der Waals surface area contributed by atoms with Gasteiger partial charge in [-0.1, -0.05) is 11.6 Å². The molecule has 1 saturated carbocycles. The van der Waals surface area contributed by atoms with E-state index in [2.05, 4.69) is 5.32 Å². The number of hydrogen-bond donors (Lipinski definition) is 2. The average molecular weight is 300 g/mol. The van der Waals surface area contributed by atoms with Gasteiger partial charge < -0.3 is 19.9 Å². The number of ether oxygens (including phenoxy) is 2. The Morgan fingerprint density at radius 1 is 1.40 bits per heavy atom. The predicted molar refractivity (Wildman–Crippen MR) is 79.3 cm³/mol. The third kappa shape index (κ3) is 4.35. The molecular weight excluding hydrogens is 278 g/mol. The van der Waals surface area contributed by atoms with Gasteiger partial charge in [0.2, 0.25) is 0 Å². The molecule has 0 aromatic heterocycles. The van der Waals surface area contributed by atoms with Crippen LogP contribution >= 0.6 is 11.6 Å². The zero-order valence-corrected chi connectivity index (χ0v) is 12.5. The molecule has 0 aliphatic heterocycles. The van der Waals surface area contributed by atoms with Crippen molar-refractivity contribution >= 4 is 11.6 Å². The standard InChI is InChI=1S/C15H22ClNO3/c1-19-8-7-17-10-11-9-12(16)5-6-14(11)20-15-4-2-3-13(15)18/h5-6,9,13,15,17-18H,2-4,7-8,10H2,1H3. The molecule has 1 aromatic rings. The van der Waals surface area contributed by atoms with E-state index < -0.39 is 0 Å². The molecule has 112 valence electrons. The smallest absolute Gasteiger partial charge is 0.124 e. The van der Waals surface area contributed by atoms with Gasteiger partial charge in [-0.15, -0.1) is 0 Å². The van der Waals surface area contributed by atoms with Crippen molar-refractivity contribution in [2.24, 2.45) is 0 Å². The minimum absolute atomic E-state index is 0.103. The summed E-state index contributed by atoms with van der Waals surface area (Å²) >= 11 is 6.04. The second-order valence-electron chi connectivity index (χ2n) is 5.08. The van der Waals surface area contributed by atoms with Crippen molar-refractivity contribution in [1.82, 2.24) is 5.32 Å². The van der Waals surface area contributed by atoms with Crippen molar-refractivity contribution in [2.45, 2.75) is 38.0 Å². The molecule has 1 aromatic carbocycles. The molecule has 1 aliphatic rings. The molecule has 1 aliphatic carbocycles. The summed E-state index contributed by atoms with van der Waals surface area (Å²) in [4.78, 5) is 0. The van der Waals surface area contributed by atoms with Crippen LogP contribution in [0.15, 0.2) is 18.2 Å². The van der Waals surface area contributed by atoms with Crippen LogP contribution in [0.4, 0.5) is 0 Å². The van der Waals surface area contributed by atoms with E-state index in [0.717, 1.165) is 37.1 Å². The summed E-state index contributed by atoms with van der Waals surface area (Å²) in [6.07, 6.45) is 2.27. The first kappa shape index (κ1) is 15.6. The molecular formula is C15H22ClNO3. The summed E-state index contributed by atoms with van der Waals surface area (Å²) in [5.74, 6) is 0.797. The van der Waals surface area contributed by atoms with Gasteiger partial charge in [-0.05, 0) is 37.5 Å². The zero-order chi connectivity index (χ0) is 14.4. The quantitative estimate of drug-likeness (QED) is 0.759. The Balaban J connectivity index is 1.99. The van der Waals surface area contributed by atoms with Gasteiger partial charge >= 0.3 is 0 Å². The van der Waals surface area contributed by atoms with Crippen molar-refractivity contribution in [3.05, 3.63) is 28.8 Å². The summed E-state index contributed by atoms with van der Waals surface area (Å²) in [5.41, 5.74) is 1.01. The second kappa shape index (κ2) is 7.84. The fourth-order valence-electron chi connectivity index (χ4n) is 2.41. The topological polar surface area (TPSA) is 50.7 Å². The zero-order valence-electron chi connectivity index (χ0n) is 11.8. The molecule has 2 rings (SSSR count). The molecule has 0 bridgehead atoms. The van der Waals surface area contributed by atoms with Gasteiger partial charge in [0, 0.05) is 30.8 Å². The number of halogens is 1. The van der Waals surface area contributed by atoms with E-state index in [0.29, 0.717) is 18.2 Å². The summed E-state index contributed by atoms with van der Waals surface area (Å²) in [6.45, 7) is 2.11. The maximum Gasteiger partial charge on any atom is 0.124 e. The minimum Gasteiger partial charge on any atom is -0.487 e. The summed E-state index contributed by atoms with van der Waals surface area (Å²) in [5, 5.41) is 13.8. The van der Waals surface area contributed by atoms with Crippen LogP contribution in [-0.2, 0) is 11.3 Å². The Kier molecular flexibility index (Phi) is 6.10. The normalized spacial score (nSPS) is 22.1. The van der Waals surface area contributed by atoms with E-state index in [-0.39, 0.29) is 12.2 Å². The third-order valence-corrected chi connectivity index (χ3v) is 3.75. The largest absolute Gasteiger partial charge is 0.487 e. The van der Waals surface area contributed by atoms with Crippen LogP contribution in [0.2, 0.25) is 5.02 Å². The maximum atomic E-state index is 9.86. The Morgan fingerprint density at radius 3 is 2.95 bits per heavy atom. The van der Waals surface area contributed by atoms with Crippen molar-refractivity contribution in [2.75, 3.05) is 20.3 Å². The van der Waals surface area contributed by atoms with Crippen LogP contribution < -0.4 is 10.1 Å². The average Bonchev–Trinajstić information content (AvgIpc) is 2.83. The minimum atomic E-state index is -0.361. The van der Waals surface area contributed by atoms with Gasteiger partial charge in [0.1, 0.15) is 11.9 Å². The molecule has 2 atom stereocenters. The highest BCUT2D eigenvalue weighted by Gasteiger charge is 2.27. The van der Waals surface area contributed by atoms with Gasteiger partial charge in [-0.3, -0.25) is 0 Å². The number of rotatable bonds is 7. The molecule has 0 amide bonds. The lowest BCUT2D eigenvalue weighted by Gasteiger charge is -2.20. The first-order valence-electron chi connectivity index (χ1n) is 7.03.